The van der Waals surface area contributed by atoms with Crippen LogP contribution in [0.4, 0.5) is 0 Å². The summed E-state index contributed by atoms with van der Waals surface area (Å²) in [6, 6.07) is 18.0. The normalized spacial score (nSPS) is 9.92. The van der Waals surface area contributed by atoms with Gasteiger partial charge >= 0.3 is 1.43 Å². The second kappa shape index (κ2) is 3.63. The molecular weight excluding hydrogens is 180 g/mol. The van der Waals surface area contributed by atoms with E-state index in [2.05, 4.69) is 12.1 Å². The van der Waals surface area contributed by atoms with E-state index in [-0.39, 0.29) is 1.43 Å². The maximum absolute atomic E-state index is 6.06. The van der Waals surface area contributed by atoms with Crippen LogP contribution in [0.2, 0.25) is 5.02 Å². The Bertz CT molecular complexity index is 398. The highest BCUT2D eigenvalue weighted by atomic mass is 35.5. The molecule has 0 atom stereocenters. The molecule has 0 nitrogen and oxygen atoms in total. The van der Waals surface area contributed by atoms with Gasteiger partial charge in [0.25, 0.3) is 0 Å². The van der Waals surface area contributed by atoms with Crippen LogP contribution in [0.15, 0.2) is 54.6 Å². The van der Waals surface area contributed by atoms with Crippen LogP contribution >= 0.6 is 11.6 Å². The Labute approximate surface area is 84.3 Å². The van der Waals surface area contributed by atoms with Gasteiger partial charge in [-0.1, -0.05) is 60.1 Å². The molecule has 0 heterocycles. The predicted octanol–water partition coefficient (Wildman–Crippen LogP) is 4.12. The van der Waals surface area contributed by atoms with Gasteiger partial charge in [-0.15, -0.1) is 0 Å². The van der Waals surface area contributed by atoms with Gasteiger partial charge in [-0.05, 0) is 11.6 Å². The highest BCUT2D eigenvalue weighted by Gasteiger charge is 1.99. The van der Waals surface area contributed by atoms with Gasteiger partial charge in [0.2, 0.25) is 0 Å². The van der Waals surface area contributed by atoms with Crippen molar-refractivity contribution in [3.05, 3.63) is 59.6 Å². The molecule has 0 saturated heterocycles. The Morgan fingerprint density at radius 2 is 1.38 bits per heavy atom. The smallest absolute Gasteiger partial charge is 0.0837 e. The Morgan fingerprint density at radius 3 is 2.08 bits per heavy atom. The summed E-state index contributed by atoms with van der Waals surface area (Å²) in [6.07, 6.45) is 0. The highest BCUT2D eigenvalue weighted by molar-refractivity contribution is 6.33. The zero-order chi connectivity index (χ0) is 9.10. The average Bonchev–Trinajstić information content (AvgIpc) is 2.20. The van der Waals surface area contributed by atoms with Gasteiger partial charge < -0.3 is 0 Å². The zero-order valence-corrected chi connectivity index (χ0v) is 7.83. The van der Waals surface area contributed by atoms with Crippen LogP contribution in [-0.2, 0) is 0 Å². The van der Waals surface area contributed by atoms with Crippen LogP contribution in [0.25, 0.3) is 11.1 Å². The largest absolute Gasteiger partial charge is 1.00 e. The van der Waals surface area contributed by atoms with E-state index in [1.165, 1.54) is 0 Å². The molecule has 0 unspecified atom stereocenters. The fourth-order valence-corrected chi connectivity index (χ4v) is 1.56. The number of hydrogen-bond acceptors (Lipinski definition) is 0. The molecule has 64 valence electrons. The van der Waals surface area contributed by atoms with Gasteiger partial charge in [0.15, 0.2) is 0 Å². The van der Waals surface area contributed by atoms with Crippen LogP contribution in [-0.4, -0.2) is 0 Å². The molecule has 0 spiro atoms. The van der Waals surface area contributed by atoms with E-state index >= 15 is 0 Å². The van der Waals surface area contributed by atoms with Crippen molar-refractivity contribution < 1.29 is 1.43 Å². The molecule has 1 heteroatoms. The number of halogens is 1. The molecule has 0 bridgehead atoms. The molecule has 0 amide bonds. The summed E-state index contributed by atoms with van der Waals surface area (Å²) in [6.45, 7) is 0. The summed E-state index contributed by atoms with van der Waals surface area (Å²) >= 11 is 6.06. The van der Waals surface area contributed by atoms with Gasteiger partial charge in [-0.2, -0.15) is 0 Å². The van der Waals surface area contributed by atoms with Gasteiger partial charge in [-0.25, -0.2) is 0 Å². The summed E-state index contributed by atoms with van der Waals surface area (Å²) < 4.78 is 0. The first-order chi connectivity index (χ1) is 6.38. The molecule has 0 aromatic heterocycles. The summed E-state index contributed by atoms with van der Waals surface area (Å²) in [7, 11) is 0. The summed E-state index contributed by atoms with van der Waals surface area (Å²) in [5.41, 5.74) is 2.25. The average molecular weight is 190 g/mol. The van der Waals surface area contributed by atoms with Crippen LogP contribution in [0.5, 0.6) is 0 Å². The molecule has 0 radical (unpaired) electrons. The Morgan fingerprint density at radius 1 is 0.769 bits per heavy atom. The van der Waals surface area contributed by atoms with E-state index in [9.17, 15) is 0 Å². The number of benzene rings is 2. The van der Waals surface area contributed by atoms with Crippen LogP contribution in [0, 0.1) is 0 Å². The molecule has 0 fully saturated rings. The monoisotopic (exact) mass is 189 g/mol. The Balaban J connectivity index is 0.000000980. The highest BCUT2D eigenvalue weighted by Crippen LogP contribution is 2.26. The lowest BCUT2D eigenvalue weighted by molar-refractivity contribution is 1.62. The van der Waals surface area contributed by atoms with Gasteiger partial charge in [0, 0.05) is 10.6 Å². The van der Waals surface area contributed by atoms with E-state index in [4.69, 9.17) is 11.6 Å². The van der Waals surface area contributed by atoms with Crippen molar-refractivity contribution in [3.8, 4) is 11.1 Å². The van der Waals surface area contributed by atoms with Crippen molar-refractivity contribution in [2.45, 2.75) is 0 Å². The first kappa shape index (κ1) is 8.33. The molecule has 2 aromatic rings. The Kier molecular flexibility index (Phi) is 2.33. The SMILES string of the molecule is Clc1ccccc1-c1ccccc1.[H+]. The minimum absolute atomic E-state index is 0. The molecule has 0 aliphatic heterocycles. The van der Waals surface area contributed by atoms with Crippen molar-refractivity contribution in [2.24, 2.45) is 0 Å². The van der Waals surface area contributed by atoms with Crippen LogP contribution < -0.4 is 0 Å². The maximum atomic E-state index is 6.06. The Hall–Kier alpha value is -1.27. The molecule has 2 rings (SSSR count). The van der Waals surface area contributed by atoms with Gasteiger partial charge in [-0.3, -0.25) is 0 Å². The maximum Gasteiger partial charge on any atom is 1.00 e. The first-order valence-corrected chi connectivity index (χ1v) is 4.55. The molecule has 0 aliphatic rings. The summed E-state index contributed by atoms with van der Waals surface area (Å²) in [5, 5.41) is 0.800. The van der Waals surface area contributed by atoms with Crippen molar-refractivity contribution in [3.63, 3.8) is 0 Å². The zero-order valence-electron chi connectivity index (χ0n) is 8.07. The number of hydrogen-bond donors (Lipinski definition) is 0. The fraction of sp³-hybridized carbons (Fsp3) is 0. The van der Waals surface area contributed by atoms with E-state index in [0.29, 0.717) is 0 Å². The van der Waals surface area contributed by atoms with Crippen molar-refractivity contribution >= 4 is 11.6 Å². The quantitative estimate of drug-likeness (QED) is 0.633. The second-order valence-electron chi connectivity index (χ2n) is 2.85. The molecule has 0 saturated carbocycles. The van der Waals surface area contributed by atoms with Gasteiger partial charge in [0.05, 0.1) is 0 Å². The molecule has 0 aliphatic carbocycles. The van der Waals surface area contributed by atoms with Crippen LogP contribution in [0.3, 0.4) is 0 Å². The minimum atomic E-state index is 0. The molecular formula is C12H10Cl+. The summed E-state index contributed by atoms with van der Waals surface area (Å²) in [4.78, 5) is 0. The van der Waals surface area contributed by atoms with E-state index in [0.717, 1.165) is 16.1 Å². The van der Waals surface area contributed by atoms with E-state index in [1.807, 2.05) is 42.5 Å². The van der Waals surface area contributed by atoms with Gasteiger partial charge in [0.1, 0.15) is 0 Å². The van der Waals surface area contributed by atoms with Crippen molar-refractivity contribution in [2.75, 3.05) is 0 Å². The van der Waals surface area contributed by atoms with Crippen molar-refractivity contribution in [1.29, 1.82) is 0 Å². The van der Waals surface area contributed by atoms with E-state index < -0.39 is 0 Å². The lowest BCUT2D eigenvalue weighted by Gasteiger charge is -2.02. The minimum Gasteiger partial charge on any atom is -0.0837 e. The molecule has 13 heavy (non-hydrogen) atoms. The topological polar surface area (TPSA) is 0 Å². The number of rotatable bonds is 1. The first-order valence-electron chi connectivity index (χ1n) is 4.18. The van der Waals surface area contributed by atoms with Crippen molar-refractivity contribution in [1.82, 2.24) is 0 Å². The van der Waals surface area contributed by atoms with E-state index in [1.54, 1.807) is 0 Å². The third-order valence-electron chi connectivity index (χ3n) is 1.96. The molecule has 0 N–H and O–H groups in total. The second-order valence-corrected chi connectivity index (χ2v) is 3.25. The fourth-order valence-electron chi connectivity index (χ4n) is 1.31. The van der Waals surface area contributed by atoms with Crippen LogP contribution in [0.1, 0.15) is 1.43 Å². The predicted molar refractivity (Wildman–Crippen MR) is 58.0 cm³/mol. The standard InChI is InChI=1S/C12H9Cl/c13-12-9-5-4-8-11(12)10-6-2-1-3-7-10/h1-9H/p+1. The third-order valence-corrected chi connectivity index (χ3v) is 2.29. The summed E-state index contributed by atoms with van der Waals surface area (Å²) in [5.74, 6) is 0. The lowest BCUT2D eigenvalue weighted by atomic mass is 10.1. The molecule has 2 aromatic carbocycles. The lowest BCUT2D eigenvalue weighted by Crippen LogP contribution is -1.77. The third kappa shape index (κ3) is 1.73.